The lowest BCUT2D eigenvalue weighted by molar-refractivity contribution is 0.0524. The molecule has 0 saturated carbocycles. The third-order valence-corrected chi connectivity index (χ3v) is 2.09. The lowest BCUT2D eigenvalue weighted by Crippen LogP contribution is -2.20. The van der Waals surface area contributed by atoms with Gasteiger partial charge in [0.05, 0.1) is 18.4 Å². The monoisotopic (exact) mass is 234 g/mol. The molecule has 2 aromatic rings. The van der Waals surface area contributed by atoms with Crippen molar-refractivity contribution < 1.29 is 13.9 Å². The van der Waals surface area contributed by atoms with Crippen LogP contribution in [0.5, 0.6) is 0 Å². The maximum Gasteiger partial charge on any atom is 0.345 e. The summed E-state index contributed by atoms with van der Waals surface area (Å²) >= 11 is 0. The first kappa shape index (κ1) is 11.1. The van der Waals surface area contributed by atoms with Gasteiger partial charge in [0, 0.05) is 6.20 Å². The van der Waals surface area contributed by atoms with Gasteiger partial charge in [-0.2, -0.15) is 0 Å². The van der Waals surface area contributed by atoms with Crippen molar-refractivity contribution in [2.24, 2.45) is 0 Å². The van der Waals surface area contributed by atoms with E-state index in [-0.39, 0.29) is 12.2 Å². The molecule has 2 rings (SSSR count). The smallest absolute Gasteiger partial charge is 0.345 e. The summed E-state index contributed by atoms with van der Waals surface area (Å²) in [7, 11) is 0. The van der Waals surface area contributed by atoms with Crippen LogP contribution in [0.25, 0.3) is 11.4 Å². The van der Waals surface area contributed by atoms with Gasteiger partial charge in [-0.05, 0) is 13.0 Å². The molecule has 0 spiro atoms. The van der Waals surface area contributed by atoms with E-state index >= 15 is 0 Å². The highest BCUT2D eigenvalue weighted by Crippen LogP contribution is 2.12. The first-order chi connectivity index (χ1) is 8.22. The van der Waals surface area contributed by atoms with Crippen molar-refractivity contribution >= 4 is 5.97 Å². The number of furan rings is 1. The molecule has 88 valence electrons. The normalized spacial score (nSPS) is 10.2. The second-order valence-electron chi connectivity index (χ2n) is 3.21. The van der Waals surface area contributed by atoms with Crippen LogP contribution in [0.3, 0.4) is 0 Å². The molecule has 0 aliphatic rings. The minimum Gasteiger partial charge on any atom is -0.472 e. The topological polar surface area (TPSA) is 85.2 Å². The molecule has 0 aliphatic carbocycles. The fourth-order valence-corrected chi connectivity index (χ4v) is 1.30. The number of esters is 1. The van der Waals surface area contributed by atoms with Crippen molar-refractivity contribution in [2.45, 2.75) is 6.92 Å². The van der Waals surface area contributed by atoms with Crippen molar-refractivity contribution in [3.8, 4) is 11.4 Å². The van der Waals surface area contributed by atoms with Crippen LogP contribution in [-0.4, -0.2) is 22.5 Å². The quantitative estimate of drug-likeness (QED) is 0.806. The Bertz CT molecular complexity index is 571. The zero-order valence-corrected chi connectivity index (χ0v) is 9.10. The predicted octanol–water partition coefficient (Wildman–Crippen LogP) is 1.21. The highest BCUT2D eigenvalue weighted by atomic mass is 16.5. The SMILES string of the molecule is CCOC(=O)c1cnc(-c2ccoc2)[nH]c1=O. The van der Waals surface area contributed by atoms with Gasteiger partial charge in [-0.25, -0.2) is 9.78 Å². The van der Waals surface area contributed by atoms with E-state index in [1.165, 1.54) is 18.7 Å². The average Bonchev–Trinajstić information content (AvgIpc) is 2.82. The number of rotatable bonds is 3. The molecule has 0 amide bonds. The second kappa shape index (κ2) is 4.65. The van der Waals surface area contributed by atoms with Gasteiger partial charge in [-0.15, -0.1) is 0 Å². The highest BCUT2D eigenvalue weighted by molar-refractivity contribution is 5.88. The summed E-state index contributed by atoms with van der Waals surface area (Å²) in [4.78, 5) is 29.4. The van der Waals surface area contributed by atoms with E-state index in [1.807, 2.05) is 0 Å². The zero-order valence-electron chi connectivity index (χ0n) is 9.10. The van der Waals surface area contributed by atoms with Crippen LogP contribution in [0, 0.1) is 0 Å². The summed E-state index contributed by atoms with van der Waals surface area (Å²) in [6.07, 6.45) is 4.11. The molecule has 0 aromatic carbocycles. The minimum absolute atomic E-state index is 0.112. The van der Waals surface area contributed by atoms with E-state index in [4.69, 9.17) is 9.15 Å². The zero-order chi connectivity index (χ0) is 12.3. The minimum atomic E-state index is -0.681. The third-order valence-electron chi connectivity index (χ3n) is 2.09. The number of hydrogen-bond acceptors (Lipinski definition) is 5. The predicted molar refractivity (Wildman–Crippen MR) is 58.5 cm³/mol. The maximum atomic E-state index is 11.6. The molecule has 0 aliphatic heterocycles. The van der Waals surface area contributed by atoms with Crippen molar-refractivity contribution in [1.29, 1.82) is 0 Å². The van der Waals surface area contributed by atoms with E-state index in [1.54, 1.807) is 13.0 Å². The molecule has 0 atom stereocenters. The summed E-state index contributed by atoms with van der Waals surface area (Å²) < 4.78 is 9.59. The number of hydrogen-bond donors (Lipinski definition) is 1. The van der Waals surface area contributed by atoms with E-state index in [0.29, 0.717) is 11.4 Å². The van der Waals surface area contributed by atoms with Crippen LogP contribution in [0.15, 0.2) is 34.0 Å². The Morgan fingerprint density at radius 3 is 3.00 bits per heavy atom. The Labute approximate surface area is 96.3 Å². The largest absolute Gasteiger partial charge is 0.472 e. The molecule has 0 saturated heterocycles. The molecule has 0 bridgehead atoms. The van der Waals surface area contributed by atoms with Crippen LogP contribution in [0.2, 0.25) is 0 Å². The molecule has 1 N–H and O–H groups in total. The number of carbonyl (C=O) groups excluding carboxylic acids is 1. The van der Waals surface area contributed by atoms with Gasteiger partial charge < -0.3 is 14.1 Å². The first-order valence-electron chi connectivity index (χ1n) is 5.01. The number of H-pyrrole nitrogens is 1. The lowest BCUT2D eigenvalue weighted by atomic mass is 10.3. The lowest BCUT2D eigenvalue weighted by Gasteiger charge is -2.01. The molecule has 17 heavy (non-hydrogen) atoms. The molecule has 2 heterocycles. The van der Waals surface area contributed by atoms with E-state index in [9.17, 15) is 9.59 Å². The number of aromatic amines is 1. The van der Waals surface area contributed by atoms with E-state index in [2.05, 4.69) is 9.97 Å². The van der Waals surface area contributed by atoms with Crippen molar-refractivity contribution in [3.63, 3.8) is 0 Å². The fourth-order valence-electron chi connectivity index (χ4n) is 1.30. The van der Waals surface area contributed by atoms with Gasteiger partial charge in [-0.3, -0.25) is 4.79 Å². The van der Waals surface area contributed by atoms with Crippen LogP contribution < -0.4 is 5.56 Å². The Hall–Kier alpha value is -2.37. The van der Waals surface area contributed by atoms with Crippen molar-refractivity contribution in [3.05, 3.63) is 40.7 Å². The van der Waals surface area contributed by atoms with Gasteiger partial charge in [0.25, 0.3) is 5.56 Å². The van der Waals surface area contributed by atoms with Gasteiger partial charge in [-0.1, -0.05) is 0 Å². The number of nitrogens with zero attached hydrogens (tertiary/aromatic N) is 1. The summed E-state index contributed by atoms with van der Waals surface area (Å²) in [5, 5.41) is 0. The Morgan fingerprint density at radius 1 is 1.59 bits per heavy atom. The van der Waals surface area contributed by atoms with Crippen LogP contribution in [0.1, 0.15) is 17.3 Å². The molecule has 6 heteroatoms. The van der Waals surface area contributed by atoms with Gasteiger partial charge in [0.1, 0.15) is 17.7 Å². The number of aromatic nitrogens is 2. The maximum absolute atomic E-state index is 11.6. The number of nitrogens with one attached hydrogen (secondary N) is 1. The second-order valence-corrected chi connectivity index (χ2v) is 3.21. The summed E-state index contributed by atoms with van der Waals surface area (Å²) in [6.45, 7) is 1.88. The Kier molecular flexibility index (Phi) is 3.04. The summed E-state index contributed by atoms with van der Waals surface area (Å²) in [5.74, 6) is -0.336. The van der Waals surface area contributed by atoms with Gasteiger partial charge in [0.15, 0.2) is 0 Å². The van der Waals surface area contributed by atoms with Gasteiger partial charge >= 0.3 is 5.97 Å². The standard InChI is InChI=1S/C11H10N2O4/c1-2-17-11(15)8-5-12-9(13-10(8)14)7-3-4-16-6-7/h3-6H,2H2,1H3,(H,12,13,14). The number of ether oxygens (including phenoxy) is 1. The molecule has 6 nitrogen and oxygen atoms in total. The molecule has 0 unspecified atom stereocenters. The Morgan fingerprint density at radius 2 is 2.41 bits per heavy atom. The third kappa shape index (κ3) is 2.25. The first-order valence-corrected chi connectivity index (χ1v) is 5.01. The van der Waals surface area contributed by atoms with Gasteiger partial charge in [0.2, 0.25) is 0 Å². The number of carbonyl (C=O) groups is 1. The summed E-state index contributed by atoms with van der Waals surface area (Å²) in [5.41, 5.74) is -0.00810. The summed E-state index contributed by atoms with van der Waals surface area (Å²) in [6, 6.07) is 1.66. The highest BCUT2D eigenvalue weighted by Gasteiger charge is 2.13. The average molecular weight is 234 g/mol. The fraction of sp³-hybridized carbons (Fsp3) is 0.182. The molecular formula is C11H10N2O4. The van der Waals surface area contributed by atoms with Crippen LogP contribution in [-0.2, 0) is 4.74 Å². The van der Waals surface area contributed by atoms with Crippen molar-refractivity contribution in [2.75, 3.05) is 6.61 Å². The molecule has 2 aromatic heterocycles. The Balaban J connectivity index is 2.36. The molecular weight excluding hydrogens is 224 g/mol. The molecule has 0 fully saturated rings. The van der Waals surface area contributed by atoms with Crippen LogP contribution in [0.4, 0.5) is 0 Å². The van der Waals surface area contributed by atoms with E-state index in [0.717, 1.165) is 0 Å². The van der Waals surface area contributed by atoms with E-state index < -0.39 is 11.5 Å². The molecule has 0 radical (unpaired) electrons. The van der Waals surface area contributed by atoms with Crippen LogP contribution >= 0.6 is 0 Å². The van der Waals surface area contributed by atoms with Crippen molar-refractivity contribution in [1.82, 2.24) is 9.97 Å².